The van der Waals surface area contributed by atoms with Crippen LogP contribution in [0.4, 0.5) is 16.3 Å². The Hall–Kier alpha value is -1.72. The van der Waals surface area contributed by atoms with E-state index in [0.717, 1.165) is 25.3 Å². The minimum atomic E-state index is -1.07. The molecule has 2 heterocycles. The number of aryl methyl sites for hydroxylation is 1. The third-order valence-corrected chi connectivity index (χ3v) is 1.92. The van der Waals surface area contributed by atoms with Crippen molar-refractivity contribution in [3.8, 4) is 0 Å². The number of nitrogens with zero attached hydrogens (tertiary/aromatic N) is 2. The lowest BCUT2D eigenvalue weighted by Gasteiger charge is -2.16. The molecule has 70 valence electrons. The minimum Gasteiger partial charge on any atom is -0.465 e. The van der Waals surface area contributed by atoms with Crippen LogP contribution in [0.25, 0.3) is 0 Å². The van der Waals surface area contributed by atoms with Gasteiger partial charge in [-0.15, -0.1) is 0 Å². The maximum atomic E-state index is 10.4. The Morgan fingerprint density at radius 1 is 1.77 bits per heavy atom. The van der Waals surface area contributed by atoms with Crippen molar-refractivity contribution in [3.63, 3.8) is 0 Å². The fraction of sp³-hybridized carbons (Fsp3) is 0.429. The Labute approximate surface area is 74.5 Å². The zero-order chi connectivity index (χ0) is 9.26. The summed E-state index contributed by atoms with van der Waals surface area (Å²) in [6.07, 6.45) is 1.46. The molecule has 3 N–H and O–H groups in total. The highest BCUT2D eigenvalue weighted by Gasteiger charge is 2.14. The van der Waals surface area contributed by atoms with Crippen LogP contribution in [0, 0.1) is 0 Å². The second-order valence-corrected chi connectivity index (χ2v) is 2.84. The highest BCUT2D eigenvalue weighted by atomic mass is 16.4. The van der Waals surface area contributed by atoms with E-state index in [1.54, 1.807) is 4.68 Å². The number of aromatic nitrogens is 2. The largest absolute Gasteiger partial charge is 0.465 e. The van der Waals surface area contributed by atoms with E-state index in [1.807, 2.05) is 0 Å². The average molecular weight is 182 g/mol. The van der Waals surface area contributed by atoms with Crippen LogP contribution >= 0.6 is 0 Å². The number of nitrogens with one attached hydrogen (secondary N) is 2. The second-order valence-electron chi connectivity index (χ2n) is 2.84. The Morgan fingerprint density at radius 2 is 2.62 bits per heavy atom. The van der Waals surface area contributed by atoms with Crippen molar-refractivity contribution in [2.45, 2.75) is 13.0 Å². The minimum absolute atomic E-state index is 0.521. The van der Waals surface area contributed by atoms with E-state index < -0.39 is 6.09 Å². The van der Waals surface area contributed by atoms with Crippen molar-refractivity contribution in [1.82, 2.24) is 9.78 Å². The molecular weight excluding hydrogens is 172 g/mol. The van der Waals surface area contributed by atoms with Crippen LogP contribution in [0.2, 0.25) is 0 Å². The van der Waals surface area contributed by atoms with Crippen LogP contribution < -0.4 is 10.6 Å². The van der Waals surface area contributed by atoms with Crippen molar-refractivity contribution in [2.24, 2.45) is 0 Å². The molecule has 0 aliphatic carbocycles. The van der Waals surface area contributed by atoms with Gasteiger partial charge in [-0.3, -0.25) is 5.32 Å². The first-order chi connectivity index (χ1) is 6.27. The number of hydrogen-bond acceptors (Lipinski definition) is 3. The van der Waals surface area contributed by atoms with Crippen molar-refractivity contribution < 1.29 is 9.90 Å². The van der Waals surface area contributed by atoms with E-state index in [0.29, 0.717) is 5.69 Å². The van der Waals surface area contributed by atoms with Gasteiger partial charge in [-0.1, -0.05) is 0 Å². The molecule has 0 saturated carbocycles. The monoisotopic (exact) mass is 182 g/mol. The molecule has 0 aromatic carbocycles. The smallest absolute Gasteiger partial charge is 0.409 e. The maximum absolute atomic E-state index is 10.4. The van der Waals surface area contributed by atoms with E-state index >= 15 is 0 Å². The molecule has 1 amide bonds. The Balaban J connectivity index is 2.26. The van der Waals surface area contributed by atoms with E-state index in [1.165, 1.54) is 6.20 Å². The fourth-order valence-corrected chi connectivity index (χ4v) is 1.38. The number of carbonyl (C=O) groups is 1. The quantitative estimate of drug-likeness (QED) is 0.599. The number of amides is 1. The van der Waals surface area contributed by atoms with Gasteiger partial charge in [-0.05, 0) is 6.42 Å². The fourth-order valence-electron chi connectivity index (χ4n) is 1.38. The summed E-state index contributed by atoms with van der Waals surface area (Å²) < 4.78 is 1.76. The number of carboxylic acid groups (broad SMARTS) is 1. The molecule has 6 nitrogen and oxygen atoms in total. The molecule has 0 radical (unpaired) electrons. The van der Waals surface area contributed by atoms with Crippen molar-refractivity contribution in [1.29, 1.82) is 0 Å². The number of anilines is 2. The highest BCUT2D eigenvalue weighted by Crippen LogP contribution is 2.23. The summed E-state index contributed by atoms with van der Waals surface area (Å²) in [4.78, 5) is 10.4. The van der Waals surface area contributed by atoms with Gasteiger partial charge in [0.1, 0.15) is 11.5 Å². The first-order valence-corrected chi connectivity index (χ1v) is 4.07. The molecule has 1 aliphatic rings. The van der Waals surface area contributed by atoms with Crippen molar-refractivity contribution in [2.75, 3.05) is 17.2 Å². The van der Waals surface area contributed by atoms with Crippen molar-refractivity contribution in [3.05, 3.63) is 6.20 Å². The Kier molecular flexibility index (Phi) is 1.80. The molecule has 0 fully saturated rings. The maximum Gasteiger partial charge on any atom is 0.409 e. The second kappa shape index (κ2) is 2.96. The van der Waals surface area contributed by atoms with Crippen LogP contribution in [-0.2, 0) is 6.54 Å². The van der Waals surface area contributed by atoms with Crippen molar-refractivity contribution >= 4 is 17.6 Å². The number of rotatable bonds is 1. The van der Waals surface area contributed by atoms with Crippen LogP contribution in [0.15, 0.2) is 6.20 Å². The first kappa shape index (κ1) is 7.90. The zero-order valence-electron chi connectivity index (χ0n) is 6.95. The summed E-state index contributed by atoms with van der Waals surface area (Å²) in [5, 5.41) is 17.9. The third kappa shape index (κ3) is 1.42. The topological polar surface area (TPSA) is 79.2 Å². The molecule has 6 heteroatoms. The predicted octanol–water partition coefficient (Wildman–Crippen LogP) is 0.789. The van der Waals surface area contributed by atoms with E-state index in [9.17, 15) is 4.79 Å². The molecule has 1 aromatic rings. The van der Waals surface area contributed by atoms with Gasteiger partial charge >= 0.3 is 6.09 Å². The lowest BCUT2D eigenvalue weighted by atomic mass is 10.3. The van der Waals surface area contributed by atoms with E-state index in [4.69, 9.17) is 5.11 Å². The van der Waals surface area contributed by atoms with Crippen LogP contribution in [0.3, 0.4) is 0 Å². The highest BCUT2D eigenvalue weighted by molar-refractivity contribution is 5.87. The lowest BCUT2D eigenvalue weighted by Crippen LogP contribution is -2.19. The van der Waals surface area contributed by atoms with Crippen LogP contribution in [0.1, 0.15) is 6.42 Å². The third-order valence-electron chi connectivity index (χ3n) is 1.92. The van der Waals surface area contributed by atoms with Gasteiger partial charge < -0.3 is 10.4 Å². The predicted molar refractivity (Wildman–Crippen MR) is 47.0 cm³/mol. The molecule has 0 spiro atoms. The summed E-state index contributed by atoms with van der Waals surface area (Å²) in [6.45, 7) is 1.70. The van der Waals surface area contributed by atoms with Gasteiger partial charge in [-0.2, -0.15) is 5.10 Å². The Morgan fingerprint density at radius 3 is 3.38 bits per heavy atom. The molecule has 1 aromatic heterocycles. The van der Waals surface area contributed by atoms with Gasteiger partial charge in [0.15, 0.2) is 0 Å². The molecule has 0 unspecified atom stereocenters. The van der Waals surface area contributed by atoms with Gasteiger partial charge in [0.2, 0.25) is 0 Å². The molecule has 1 aliphatic heterocycles. The summed E-state index contributed by atoms with van der Waals surface area (Å²) in [7, 11) is 0. The molecular formula is C7H10N4O2. The van der Waals surface area contributed by atoms with Gasteiger partial charge in [0.05, 0.1) is 6.20 Å². The standard InChI is InChI=1S/C7H10N4O2/c12-7(13)10-5-4-9-11-3-1-2-8-6(5)11/h4,8,10H,1-3H2,(H,12,13). The van der Waals surface area contributed by atoms with E-state index in [-0.39, 0.29) is 0 Å². The summed E-state index contributed by atoms with van der Waals surface area (Å²) in [5.41, 5.74) is 0.521. The summed E-state index contributed by atoms with van der Waals surface area (Å²) >= 11 is 0. The molecule has 13 heavy (non-hydrogen) atoms. The van der Waals surface area contributed by atoms with Gasteiger partial charge in [0, 0.05) is 13.1 Å². The van der Waals surface area contributed by atoms with Gasteiger partial charge in [0.25, 0.3) is 0 Å². The summed E-state index contributed by atoms with van der Waals surface area (Å²) in [5.74, 6) is 0.758. The van der Waals surface area contributed by atoms with Crippen LogP contribution in [-0.4, -0.2) is 27.5 Å². The Bertz CT molecular complexity index is 333. The number of fused-ring (bicyclic) bond motifs is 1. The van der Waals surface area contributed by atoms with Crippen LogP contribution in [0.5, 0.6) is 0 Å². The molecule has 0 atom stereocenters. The zero-order valence-corrected chi connectivity index (χ0v) is 6.95. The average Bonchev–Trinajstić information content (AvgIpc) is 2.48. The molecule has 2 rings (SSSR count). The number of hydrogen-bond donors (Lipinski definition) is 3. The molecule has 0 bridgehead atoms. The normalized spacial score (nSPS) is 14.5. The lowest BCUT2D eigenvalue weighted by molar-refractivity contribution is 0.210. The van der Waals surface area contributed by atoms with Gasteiger partial charge in [-0.25, -0.2) is 9.48 Å². The van der Waals surface area contributed by atoms with E-state index in [2.05, 4.69) is 15.7 Å². The SMILES string of the molecule is O=C(O)Nc1cnn2c1NCCC2. The first-order valence-electron chi connectivity index (χ1n) is 4.07. The molecule has 0 saturated heterocycles. The summed E-state index contributed by atoms with van der Waals surface area (Å²) in [6, 6.07) is 0.